The number of hydrogen-bond acceptors (Lipinski definition) is 7. The van der Waals surface area contributed by atoms with E-state index >= 15 is 0 Å². The van der Waals surface area contributed by atoms with E-state index in [4.69, 9.17) is 28.5 Å². The first-order chi connectivity index (χ1) is 22.8. The number of aromatic nitrogens is 1. The predicted molar refractivity (Wildman–Crippen MR) is 188 cm³/mol. The summed E-state index contributed by atoms with van der Waals surface area (Å²) in [6, 6.07) is 9.52. The predicted octanol–water partition coefficient (Wildman–Crippen LogP) is 8.11. The molecule has 0 bridgehead atoms. The molecule has 4 rings (SSSR count). The van der Waals surface area contributed by atoms with Gasteiger partial charge in [-0.05, 0) is 62.4 Å². The molecule has 47 heavy (non-hydrogen) atoms. The van der Waals surface area contributed by atoms with Crippen molar-refractivity contribution >= 4 is 12.4 Å². The third kappa shape index (κ3) is 12.9. The highest BCUT2D eigenvalue weighted by atomic mass is 16.5. The fourth-order valence-corrected chi connectivity index (χ4v) is 5.02. The van der Waals surface area contributed by atoms with Crippen molar-refractivity contribution in [3.05, 3.63) is 107 Å². The zero-order chi connectivity index (χ0) is 35.2. The molecule has 256 valence electrons. The van der Waals surface area contributed by atoms with Crippen LogP contribution in [0.4, 0.5) is 0 Å². The van der Waals surface area contributed by atoms with Gasteiger partial charge in [0.1, 0.15) is 23.0 Å². The summed E-state index contributed by atoms with van der Waals surface area (Å²) in [7, 11) is 3.17. The van der Waals surface area contributed by atoms with E-state index < -0.39 is 0 Å². The first kappa shape index (κ1) is 40.2. The van der Waals surface area contributed by atoms with Crippen molar-refractivity contribution in [1.29, 1.82) is 0 Å². The second kappa shape index (κ2) is 22.7. The molecule has 0 aliphatic carbocycles. The Morgan fingerprint density at radius 2 is 1.70 bits per heavy atom. The van der Waals surface area contributed by atoms with E-state index in [1.807, 2.05) is 37.8 Å². The Morgan fingerprint density at radius 3 is 2.23 bits per heavy atom. The molecule has 2 aromatic carbocycles. The normalized spacial score (nSPS) is 11.7. The zero-order valence-electron chi connectivity index (χ0n) is 29.1. The number of amides is 1. The van der Waals surface area contributed by atoms with Crippen molar-refractivity contribution in [3.63, 3.8) is 0 Å². The lowest BCUT2D eigenvalue weighted by molar-refractivity contribution is -0.122. The van der Waals surface area contributed by atoms with E-state index in [2.05, 4.69) is 56.3 Å². The number of fused-ring (bicyclic) bond motifs is 1. The first-order valence-corrected chi connectivity index (χ1v) is 15.8. The Hall–Kier alpha value is -4.79. The molecule has 1 aliphatic heterocycles. The fraction of sp³-hybridized carbons (Fsp3) is 0.395. The highest BCUT2D eigenvalue weighted by Gasteiger charge is 2.27. The number of carbonyl (C=O) groups is 2. The molecule has 9 nitrogen and oxygen atoms in total. The number of carbonyl (C=O) groups excluding carboxylic acids is 1. The summed E-state index contributed by atoms with van der Waals surface area (Å²) >= 11 is 0. The lowest BCUT2D eigenvalue weighted by Crippen LogP contribution is -2.36. The van der Waals surface area contributed by atoms with Gasteiger partial charge < -0.3 is 28.6 Å². The van der Waals surface area contributed by atoms with E-state index in [0.29, 0.717) is 49.1 Å². The molecule has 0 saturated heterocycles. The van der Waals surface area contributed by atoms with Crippen molar-refractivity contribution in [2.75, 3.05) is 27.4 Å². The average Bonchev–Trinajstić information content (AvgIpc) is 3.42. The molecule has 0 unspecified atom stereocenters. The number of aryl methyl sites for hydroxylation is 3. The maximum absolute atomic E-state index is 13.4. The Morgan fingerprint density at radius 1 is 1.04 bits per heavy atom. The summed E-state index contributed by atoms with van der Waals surface area (Å²) in [6.07, 6.45) is 12.8. The molecule has 1 N–H and O–H groups in total. The summed E-state index contributed by atoms with van der Waals surface area (Å²) in [5, 5.41) is 6.89. The fourth-order valence-electron chi connectivity index (χ4n) is 5.02. The minimum absolute atomic E-state index is 0.0292. The van der Waals surface area contributed by atoms with Crippen LogP contribution in [0, 0.1) is 13.8 Å². The van der Waals surface area contributed by atoms with Crippen molar-refractivity contribution in [1.82, 2.24) is 9.88 Å². The molecular formula is C38H52N2O7. The van der Waals surface area contributed by atoms with Crippen LogP contribution in [-0.2, 0) is 30.6 Å². The summed E-state index contributed by atoms with van der Waals surface area (Å²) in [5.41, 5.74) is 5.18. The summed E-state index contributed by atoms with van der Waals surface area (Å²) in [5.74, 6) is 3.59. The number of hydrogen-bond donors (Lipinski definition) is 1. The van der Waals surface area contributed by atoms with Crippen LogP contribution in [0.15, 0.2) is 72.2 Å². The number of nitrogens with zero attached hydrogens (tertiary/aromatic N) is 2. The number of ether oxygens (including phenoxy) is 3. The maximum atomic E-state index is 13.4. The molecule has 9 heteroatoms. The van der Waals surface area contributed by atoms with Gasteiger partial charge in [-0.2, -0.15) is 0 Å². The van der Waals surface area contributed by atoms with Crippen LogP contribution in [0.3, 0.4) is 0 Å². The minimum Gasteiger partial charge on any atom is -0.497 e. The summed E-state index contributed by atoms with van der Waals surface area (Å²) < 4.78 is 22.5. The lowest BCUT2D eigenvalue weighted by Gasteiger charge is -2.32. The zero-order valence-corrected chi connectivity index (χ0v) is 29.1. The van der Waals surface area contributed by atoms with Gasteiger partial charge in [-0.15, -0.1) is 13.2 Å². The van der Waals surface area contributed by atoms with E-state index in [-0.39, 0.29) is 12.4 Å². The molecule has 2 heterocycles. The summed E-state index contributed by atoms with van der Waals surface area (Å²) in [4.78, 5) is 28.1. The Labute approximate surface area is 280 Å². The molecule has 0 spiro atoms. The minimum atomic E-state index is -0.250. The standard InChI is InChI=1S/C28H34N2O5.C7H12.C2H4.CH2O2/c1-6-7-20-8-9-27(34-13-11-26-18(2)35-19(3)29-26)24-10-12-30(17-25(20)24)28(31)21-14-22(32-4)16-23(15-21)33-5;1-3-5-7-6-4-2;1-2;2-1-3/h8-9,14-16H,6-7,10-13,17H2,1-5H3;3,5-7H,4H2,1-2H3;1-2H2;1H,(H,2,3)/b;5-3-,7-6-;;. The van der Waals surface area contributed by atoms with E-state index in [0.717, 1.165) is 42.9 Å². The number of allylic oxidation sites excluding steroid dienone is 4. The monoisotopic (exact) mass is 648 g/mol. The average molecular weight is 649 g/mol. The van der Waals surface area contributed by atoms with Gasteiger partial charge in [-0.25, -0.2) is 4.98 Å². The van der Waals surface area contributed by atoms with Crippen molar-refractivity contribution in [2.24, 2.45) is 0 Å². The van der Waals surface area contributed by atoms with Gasteiger partial charge in [-0.1, -0.05) is 50.6 Å². The van der Waals surface area contributed by atoms with E-state index in [9.17, 15) is 4.79 Å². The number of carboxylic acid groups (broad SMARTS) is 1. The third-order valence-corrected chi connectivity index (χ3v) is 7.14. The van der Waals surface area contributed by atoms with Gasteiger partial charge in [0, 0.05) is 43.6 Å². The highest BCUT2D eigenvalue weighted by molar-refractivity contribution is 5.95. The summed E-state index contributed by atoms with van der Waals surface area (Å²) in [6.45, 7) is 17.6. The second-order valence-electron chi connectivity index (χ2n) is 10.3. The topological polar surface area (TPSA) is 111 Å². The Balaban J connectivity index is 0.000000795. The molecule has 1 amide bonds. The van der Waals surface area contributed by atoms with Crippen LogP contribution in [0.1, 0.15) is 78.0 Å². The van der Waals surface area contributed by atoms with Crippen LogP contribution >= 0.6 is 0 Å². The van der Waals surface area contributed by atoms with Gasteiger partial charge in [0.05, 0.1) is 26.5 Å². The lowest BCUT2D eigenvalue weighted by atomic mass is 9.91. The Bertz CT molecular complexity index is 1420. The highest BCUT2D eigenvalue weighted by Crippen LogP contribution is 2.33. The maximum Gasteiger partial charge on any atom is 0.290 e. The molecule has 0 atom stereocenters. The molecule has 1 aromatic heterocycles. The molecule has 0 radical (unpaired) electrons. The molecule has 1 aliphatic rings. The van der Waals surface area contributed by atoms with Crippen molar-refractivity contribution < 1.29 is 33.3 Å². The molecule has 0 saturated carbocycles. The van der Waals surface area contributed by atoms with Gasteiger partial charge in [0.2, 0.25) is 0 Å². The molecule has 0 fully saturated rings. The SMILES string of the molecule is C/C=C\C=C/CC.C=C.CCCc1ccc(OCCc2nc(C)oc2C)c2c1CN(C(=O)c1cc(OC)cc(OC)c1)CC2.O=CO. The van der Waals surface area contributed by atoms with Gasteiger partial charge in [0.25, 0.3) is 12.4 Å². The molecule has 3 aromatic rings. The van der Waals surface area contributed by atoms with Crippen LogP contribution in [0.5, 0.6) is 17.2 Å². The third-order valence-electron chi connectivity index (χ3n) is 7.14. The largest absolute Gasteiger partial charge is 0.497 e. The van der Waals surface area contributed by atoms with Crippen LogP contribution in [0.2, 0.25) is 0 Å². The second-order valence-corrected chi connectivity index (χ2v) is 10.3. The quantitative estimate of drug-likeness (QED) is 0.126. The smallest absolute Gasteiger partial charge is 0.290 e. The van der Waals surface area contributed by atoms with Crippen molar-refractivity contribution in [3.8, 4) is 17.2 Å². The van der Waals surface area contributed by atoms with Crippen LogP contribution < -0.4 is 14.2 Å². The number of oxazole rings is 1. The first-order valence-electron chi connectivity index (χ1n) is 15.8. The van der Waals surface area contributed by atoms with E-state index in [1.54, 1.807) is 32.4 Å². The van der Waals surface area contributed by atoms with Crippen molar-refractivity contribution in [2.45, 2.75) is 73.3 Å². The number of methoxy groups -OCH3 is 2. The van der Waals surface area contributed by atoms with Gasteiger partial charge >= 0.3 is 0 Å². The Kier molecular flexibility index (Phi) is 19.4. The van der Waals surface area contributed by atoms with Gasteiger partial charge in [-0.3, -0.25) is 9.59 Å². The van der Waals surface area contributed by atoms with Gasteiger partial charge in [0.15, 0.2) is 5.89 Å². The van der Waals surface area contributed by atoms with Crippen LogP contribution in [-0.4, -0.2) is 54.7 Å². The van der Waals surface area contributed by atoms with E-state index in [1.165, 1.54) is 16.7 Å². The van der Waals surface area contributed by atoms with Crippen LogP contribution in [0.25, 0.3) is 0 Å². The number of benzene rings is 2. The molecular weight excluding hydrogens is 596 g/mol. The number of rotatable bonds is 11.